The fourth-order valence-electron chi connectivity index (χ4n) is 3.52. The minimum absolute atomic E-state index is 0.152. The number of hydrogen-bond acceptors (Lipinski definition) is 4. The zero-order valence-electron chi connectivity index (χ0n) is 17.8. The molecule has 1 aromatic carbocycles. The maximum atomic E-state index is 12.7. The highest BCUT2D eigenvalue weighted by Gasteiger charge is 2.32. The van der Waals surface area contributed by atoms with Gasteiger partial charge in [0.05, 0.1) is 11.1 Å². The molecule has 0 spiro atoms. The number of halogens is 6. The molecule has 0 bridgehead atoms. The van der Waals surface area contributed by atoms with Gasteiger partial charge in [0.15, 0.2) is 0 Å². The van der Waals surface area contributed by atoms with Gasteiger partial charge in [-0.05, 0) is 49.2 Å². The first kappa shape index (κ1) is 25.3. The minimum Gasteiger partial charge on any atom is -0.368 e. The van der Waals surface area contributed by atoms with Crippen LogP contribution in [0.3, 0.4) is 0 Å². The fourth-order valence-corrected chi connectivity index (χ4v) is 3.52. The van der Waals surface area contributed by atoms with Crippen LogP contribution in [0.15, 0.2) is 42.6 Å². The Labute approximate surface area is 191 Å². The van der Waals surface area contributed by atoms with Gasteiger partial charge in [0.1, 0.15) is 5.82 Å². The van der Waals surface area contributed by atoms with Crippen LogP contribution in [-0.4, -0.2) is 47.9 Å². The Morgan fingerprint density at radius 3 is 2.00 bits per heavy atom. The number of amides is 2. The number of pyridine rings is 1. The third-order valence-corrected chi connectivity index (χ3v) is 5.43. The molecule has 1 saturated heterocycles. The maximum Gasteiger partial charge on any atom is 0.417 e. The molecule has 1 aromatic heterocycles. The molecule has 0 saturated carbocycles. The van der Waals surface area contributed by atoms with E-state index in [1.54, 1.807) is 0 Å². The molecule has 34 heavy (non-hydrogen) atoms. The monoisotopic (exact) mass is 488 g/mol. The number of nitrogens with zero attached hydrogens (tertiary/aromatic N) is 2. The van der Waals surface area contributed by atoms with Gasteiger partial charge < -0.3 is 15.5 Å². The predicted molar refractivity (Wildman–Crippen MR) is 111 cm³/mol. The Bertz CT molecular complexity index is 982. The molecule has 1 fully saturated rings. The van der Waals surface area contributed by atoms with Gasteiger partial charge in [-0.1, -0.05) is 0 Å². The second-order valence-electron chi connectivity index (χ2n) is 7.79. The molecule has 6 nitrogen and oxygen atoms in total. The molecule has 3 rings (SSSR count). The Kier molecular flexibility index (Phi) is 7.68. The minimum atomic E-state index is -4.48. The fraction of sp³-hybridized carbons (Fsp3) is 0.409. The number of aromatic nitrogens is 1. The summed E-state index contributed by atoms with van der Waals surface area (Å²) in [5, 5.41) is 5.55. The van der Waals surface area contributed by atoms with Crippen molar-refractivity contribution in [1.82, 2.24) is 15.2 Å². The van der Waals surface area contributed by atoms with E-state index in [0.29, 0.717) is 25.9 Å². The van der Waals surface area contributed by atoms with Crippen molar-refractivity contribution < 1.29 is 35.9 Å². The Morgan fingerprint density at radius 1 is 0.882 bits per heavy atom. The molecule has 12 heteroatoms. The Hall–Kier alpha value is -3.31. The van der Waals surface area contributed by atoms with Gasteiger partial charge in [-0.3, -0.25) is 9.59 Å². The third kappa shape index (κ3) is 6.61. The normalized spacial score (nSPS) is 15.2. The molecule has 0 atom stereocenters. The molecule has 1 aliphatic heterocycles. The number of rotatable bonds is 6. The number of benzene rings is 1. The van der Waals surface area contributed by atoms with Crippen LogP contribution in [0.2, 0.25) is 0 Å². The van der Waals surface area contributed by atoms with Crippen molar-refractivity contribution in [3.05, 3.63) is 59.3 Å². The molecule has 2 N–H and O–H groups in total. The zero-order chi connectivity index (χ0) is 24.9. The van der Waals surface area contributed by atoms with E-state index in [2.05, 4.69) is 15.6 Å². The first-order chi connectivity index (χ1) is 15.9. The molecule has 2 aromatic rings. The van der Waals surface area contributed by atoms with Gasteiger partial charge in [0.25, 0.3) is 5.91 Å². The van der Waals surface area contributed by atoms with E-state index in [1.807, 2.05) is 0 Å². The van der Waals surface area contributed by atoms with Gasteiger partial charge in [0, 0.05) is 43.9 Å². The summed E-state index contributed by atoms with van der Waals surface area (Å²) < 4.78 is 75.6. The number of hydrogen-bond donors (Lipinski definition) is 2. The van der Waals surface area contributed by atoms with Crippen LogP contribution in [0.4, 0.5) is 32.2 Å². The molecule has 2 heterocycles. The molecule has 0 radical (unpaired) electrons. The average Bonchev–Trinajstić information content (AvgIpc) is 2.80. The summed E-state index contributed by atoms with van der Waals surface area (Å²) in [7, 11) is 0. The standard InChI is InChI=1S/C22H22F6N4O2/c23-21(24,25)16-3-1-15(2-4-16)20(34)32-11-7-14(8-12-32)19(33)30-10-9-29-18-6-5-17(13-31-18)22(26,27)28/h1-6,13-14H,7-12H2,(H,29,31)(H,30,33). The van der Waals surface area contributed by atoms with Crippen LogP contribution >= 0.6 is 0 Å². The van der Waals surface area contributed by atoms with Crippen LogP contribution < -0.4 is 10.6 Å². The first-order valence-electron chi connectivity index (χ1n) is 10.5. The summed E-state index contributed by atoms with van der Waals surface area (Å²) in [6.45, 7) is 1.08. The highest BCUT2D eigenvalue weighted by atomic mass is 19.4. The number of carbonyl (C=O) groups excluding carboxylic acids is 2. The third-order valence-electron chi connectivity index (χ3n) is 5.43. The number of likely N-dealkylation sites (tertiary alicyclic amines) is 1. The Balaban J connectivity index is 1.39. The summed E-state index contributed by atoms with van der Waals surface area (Å²) in [4.78, 5) is 30.1. The second kappa shape index (κ2) is 10.3. The summed E-state index contributed by atoms with van der Waals surface area (Å²) in [5.41, 5.74) is -1.53. The largest absolute Gasteiger partial charge is 0.417 e. The van der Waals surface area contributed by atoms with E-state index in [4.69, 9.17) is 0 Å². The van der Waals surface area contributed by atoms with E-state index in [1.165, 1.54) is 11.0 Å². The zero-order valence-corrected chi connectivity index (χ0v) is 17.8. The van der Waals surface area contributed by atoms with Crippen molar-refractivity contribution >= 4 is 17.6 Å². The van der Waals surface area contributed by atoms with Crippen LogP contribution in [0.1, 0.15) is 34.3 Å². The number of alkyl halides is 6. The number of carbonyl (C=O) groups is 2. The van der Waals surface area contributed by atoms with Gasteiger partial charge in [-0.25, -0.2) is 4.98 Å². The summed E-state index contributed by atoms with van der Waals surface area (Å²) in [6, 6.07) is 6.12. The molecular formula is C22H22F6N4O2. The van der Waals surface area contributed by atoms with Gasteiger partial charge >= 0.3 is 12.4 Å². The smallest absolute Gasteiger partial charge is 0.368 e. The molecule has 1 aliphatic rings. The lowest BCUT2D eigenvalue weighted by Crippen LogP contribution is -2.43. The first-order valence-corrected chi connectivity index (χ1v) is 10.5. The number of anilines is 1. The van der Waals surface area contributed by atoms with E-state index in [-0.39, 0.29) is 42.2 Å². The van der Waals surface area contributed by atoms with Crippen molar-refractivity contribution in [3.63, 3.8) is 0 Å². The van der Waals surface area contributed by atoms with Crippen LogP contribution in [0.25, 0.3) is 0 Å². The van der Waals surface area contributed by atoms with E-state index < -0.39 is 23.5 Å². The lowest BCUT2D eigenvalue weighted by atomic mass is 9.95. The highest BCUT2D eigenvalue weighted by molar-refractivity contribution is 5.94. The van der Waals surface area contributed by atoms with Crippen LogP contribution in [0, 0.1) is 5.92 Å². The lowest BCUT2D eigenvalue weighted by Gasteiger charge is -2.31. The van der Waals surface area contributed by atoms with Crippen molar-refractivity contribution in [2.75, 3.05) is 31.5 Å². The van der Waals surface area contributed by atoms with E-state index >= 15 is 0 Å². The average molecular weight is 488 g/mol. The molecule has 2 amide bonds. The second-order valence-corrected chi connectivity index (χ2v) is 7.79. The predicted octanol–water partition coefficient (Wildman–Crippen LogP) is 4.20. The highest BCUT2D eigenvalue weighted by Crippen LogP contribution is 2.30. The molecule has 0 unspecified atom stereocenters. The lowest BCUT2D eigenvalue weighted by molar-refractivity contribution is -0.138. The van der Waals surface area contributed by atoms with Gasteiger partial charge in [-0.15, -0.1) is 0 Å². The van der Waals surface area contributed by atoms with Crippen molar-refractivity contribution in [2.45, 2.75) is 25.2 Å². The van der Waals surface area contributed by atoms with Crippen molar-refractivity contribution in [3.8, 4) is 0 Å². The number of nitrogens with one attached hydrogen (secondary N) is 2. The van der Waals surface area contributed by atoms with Crippen LogP contribution in [-0.2, 0) is 17.1 Å². The molecule has 184 valence electrons. The molecular weight excluding hydrogens is 466 g/mol. The quantitative estimate of drug-likeness (QED) is 0.472. The number of piperidine rings is 1. The SMILES string of the molecule is O=C(NCCNc1ccc(C(F)(F)F)cn1)C1CCN(C(=O)c2ccc(C(F)(F)F)cc2)CC1. The van der Waals surface area contributed by atoms with Gasteiger partial charge in [0.2, 0.25) is 5.91 Å². The topological polar surface area (TPSA) is 74.3 Å². The van der Waals surface area contributed by atoms with Gasteiger partial charge in [-0.2, -0.15) is 26.3 Å². The van der Waals surface area contributed by atoms with E-state index in [9.17, 15) is 35.9 Å². The molecule has 0 aliphatic carbocycles. The Morgan fingerprint density at radius 2 is 1.47 bits per heavy atom. The van der Waals surface area contributed by atoms with Crippen LogP contribution in [0.5, 0.6) is 0 Å². The maximum absolute atomic E-state index is 12.7. The summed E-state index contributed by atoms with van der Waals surface area (Å²) in [6.07, 6.45) is -7.40. The summed E-state index contributed by atoms with van der Waals surface area (Å²) >= 11 is 0. The van der Waals surface area contributed by atoms with E-state index in [0.717, 1.165) is 36.5 Å². The summed E-state index contributed by atoms with van der Waals surface area (Å²) in [5.74, 6) is -0.664. The van der Waals surface area contributed by atoms with Crippen molar-refractivity contribution in [2.24, 2.45) is 5.92 Å². The van der Waals surface area contributed by atoms with Crippen molar-refractivity contribution in [1.29, 1.82) is 0 Å².